The van der Waals surface area contributed by atoms with Crippen LogP contribution < -0.4 is 9.64 Å². The van der Waals surface area contributed by atoms with E-state index in [4.69, 9.17) is 4.74 Å². The predicted octanol–water partition coefficient (Wildman–Crippen LogP) is 2.04. The molecule has 0 amide bonds. The van der Waals surface area contributed by atoms with Gasteiger partial charge in [-0.3, -0.25) is 0 Å². The van der Waals surface area contributed by atoms with Crippen LogP contribution in [0.15, 0.2) is 24.3 Å². The molecule has 0 radical (unpaired) electrons. The summed E-state index contributed by atoms with van der Waals surface area (Å²) in [6, 6.07) is 7.93. The Bertz CT molecular complexity index is 659. The van der Waals surface area contributed by atoms with Crippen molar-refractivity contribution in [1.29, 1.82) is 0 Å². The Balaban J connectivity index is 1.62. The molecule has 2 fully saturated rings. The maximum absolute atomic E-state index is 13.0. The molecule has 6 nitrogen and oxygen atoms in total. The summed E-state index contributed by atoms with van der Waals surface area (Å²) in [4.78, 5) is 2.23. The highest BCUT2D eigenvalue weighted by molar-refractivity contribution is 7.86. The number of benzene rings is 1. The van der Waals surface area contributed by atoms with Gasteiger partial charge in [-0.25, -0.2) is 0 Å². The van der Waals surface area contributed by atoms with E-state index in [-0.39, 0.29) is 0 Å². The minimum Gasteiger partial charge on any atom is -0.497 e. The lowest BCUT2D eigenvalue weighted by atomic mass is 9.94. The van der Waals surface area contributed by atoms with Crippen molar-refractivity contribution in [1.82, 2.24) is 8.61 Å². The predicted molar refractivity (Wildman–Crippen MR) is 100 cm³/mol. The minimum absolute atomic E-state index is 0.430. The van der Waals surface area contributed by atoms with Gasteiger partial charge >= 0.3 is 0 Å². The van der Waals surface area contributed by atoms with Gasteiger partial charge < -0.3 is 9.64 Å². The van der Waals surface area contributed by atoms with Crippen LogP contribution in [0.2, 0.25) is 0 Å². The van der Waals surface area contributed by atoms with E-state index < -0.39 is 10.2 Å². The van der Waals surface area contributed by atoms with Crippen molar-refractivity contribution in [2.45, 2.75) is 20.3 Å². The fourth-order valence-corrected chi connectivity index (χ4v) is 5.76. The number of hydrogen-bond donors (Lipinski definition) is 0. The largest absolute Gasteiger partial charge is 0.497 e. The van der Waals surface area contributed by atoms with Gasteiger partial charge in [0.25, 0.3) is 10.2 Å². The molecule has 2 heterocycles. The summed E-state index contributed by atoms with van der Waals surface area (Å²) in [5.41, 5.74) is 1.11. The van der Waals surface area contributed by atoms with E-state index in [1.807, 2.05) is 24.3 Å². The van der Waals surface area contributed by atoms with Gasteiger partial charge in [0, 0.05) is 45.0 Å². The zero-order chi connectivity index (χ0) is 18.0. The van der Waals surface area contributed by atoms with Crippen LogP contribution in [0.25, 0.3) is 0 Å². The molecule has 0 bridgehead atoms. The first-order chi connectivity index (χ1) is 11.9. The van der Waals surface area contributed by atoms with E-state index in [2.05, 4.69) is 18.7 Å². The lowest BCUT2D eigenvalue weighted by Gasteiger charge is -2.40. The summed E-state index contributed by atoms with van der Waals surface area (Å²) in [5.74, 6) is 1.69. The zero-order valence-corrected chi connectivity index (χ0v) is 16.2. The Hall–Kier alpha value is -1.31. The van der Waals surface area contributed by atoms with Gasteiger partial charge in [-0.2, -0.15) is 17.0 Å². The van der Waals surface area contributed by atoms with Gasteiger partial charge in [0.1, 0.15) is 5.75 Å². The number of piperazine rings is 1. The molecule has 3 rings (SSSR count). The first kappa shape index (κ1) is 18.5. The molecule has 25 heavy (non-hydrogen) atoms. The third-order valence-electron chi connectivity index (χ3n) is 5.16. The normalized spacial score (nSPS) is 26.6. The standard InChI is InChI=1S/C18H29N3O3S/c1-15-12-16(2)14-21(13-15)25(22,23)20-10-8-19(9-11-20)17-4-6-18(24-3)7-5-17/h4-7,15-16H,8-14H2,1-3H3. The average molecular weight is 368 g/mol. The fourth-order valence-electron chi connectivity index (χ4n) is 3.93. The topological polar surface area (TPSA) is 53.1 Å². The highest BCUT2D eigenvalue weighted by Gasteiger charge is 2.36. The van der Waals surface area contributed by atoms with Crippen molar-refractivity contribution in [3.63, 3.8) is 0 Å². The molecule has 1 aromatic rings. The summed E-state index contributed by atoms with van der Waals surface area (Å²) in [5, 5.41) is 0. The van der Waals surface area contributed by atoms with Crippen molar-refractivity contribution in [2.24, 2.45) is 11.8 Å². The molecular formula is C18H29N3O3S. The van der Waals surface area contributed by atoms with Crippen LogP contribution in [-0.2, 0) is 10.2 Å². The Morgan fingerprint density at radius 1 is 0.920 bits per heavy atom. The second-order valence-electron chi connectivity index (χ2n) is 7.35. The van der Waals surface area contributed by atoms with E-state index in [1.165, 1.54) is 0 Å². The van der Waals surface area contributed by atoms with Crippen LogP contribution in [0.5, 0.6) is 5.75 Å². The molecular weight excluding hydrogens is 338 g/mol. The number of ether oxygens (including phenoxy) is 1. The van der Waals surface area contributed by atoms with Crippen LogP contribution in [0.4, 0.5) is 5.69 Å². The number of piperidine rings is 1. The molecule has 0 aromatic heterocycles. The molecule has 0 spiro atoms. The maximum Gasteiger partial charge on any atom is 0.282 e. The van der Waals surface area contributed by atoms with Crippen molar-refractivity contribution in [2.75, 3.05) is 51.3 Å². The van der Waals surface area contributed by atoms with Crippen LogP contribution >= 0.6 is 0 Å². The first-order valence-corrected chi connectivity index (χ1v) is 10.4. The number of rotatable bonds is 4. The van der Waals surface area contributed by atoms with E-state index >= 15 is 0 Å². The van der Waals surface area contributed by atoms with Gasteiger partial charge in [-0.05, 0) is 42.5 Å². The zero-order valence-electron chi connectivity index (χ0n) is 15.4. The Kier molecular flexibility index (Phi) is 5.55. The second-order valence-corrected chi connectivity index (χ2v) is 9.28. The third-order valence-corrected chi connectivity index (χ3v) is 7.13. The summed E-state index contributed by atoms with van der Waals surface area (Å²) in [6.45, 7) is 8.06. The van der Waals surface area contributed by atoms with Crippen molar-refractivity contribution in [3.8, 4) is 5.75 Å². The van der Waals surface area contributed by atoms with E-state index in [0.717, 1.165) is 17.9 Å². The molecule has 0 saturated carbocycles. The smallest absolute Gasteiger partial charge is 0.282 e. The summed E-state index contributed by atoms with van der Waals surface area (Å²) in [7, 11) is -1.69. The monoisotopic (exact) mass is 367 g/mol. The lowest BCUT2D eigenvalue weighted by molar-refractivity contribution is 0.207. The molecule has 1 aromatic carbocycles. The van der Waals surface area contributed by atoms with Gasteiger partial charge in [-0.15, -0.1) is 0 Å². The summed E-state index contributed by atoms with van der Waals surface area (Å²) >= 11 is 0. The third kappa shape index (κ3) is 4.10. The Labute approximate surface area is 151 Å². The number of hydrogen-bond acceptors (Lipinski definition) is 4. The molecule has 2 aliphatic heterocycles. The molecule has 0 N–H and O–H groups in total. The minimum atomic E-state index is -3.35. The quantitative estimate of drug-likeness (QED) is 0.817. The van der Waals surface area contributed by atoms with Crippen LogP contribution in [0.1, 0.15) is 20.3 Å². The van der Waals surface area contributed by atoms with Crippen molar-refractivity contribution < 1.29 is 13.2 Å². The van der Waals surface area contributed by atoms with Crippen LogP contribution in [-0.4, -0.2) is 63.4 Å². The van der Waals surface area contributed by atoms with Crippen LogP contribution in [0, 0.1) is 11.8 Å². The van der Waals surface area contributed by atoms with Crippen LogP contribution in [0.3, 0.4) is 0 Å². The van der Waals surface area contributed by atoms with Gasteiger partial charge in [0.05, 0.1) is 7.11 Å². The Morgan fingerprint density at radius 2 is 1.48 bits per heavy atom. The highest BCUT2D eigenvalue weighted by Crippen LogP contribution is 2.26. The highest BCUT2D eigenvalue weighted by atomic mass is 32.2. The molecule has 7 heteroatoms. The SMILES string of the molecule is COc1ccc(N2CCN(S(=O)(=O)N3CC(C)CC(C)C3)CC2)cc1. The molecule has 2 aliphatic rings. The number of anilines is 1. The van der Waals surface area contributed by atoms with Gasteiger partial charge in [-0.1, -0.05) is 13.8 Å². The van der Waals surface area contributed by atoms with E-state index in [9.17, 15) is 8.42 Å². The fraction of sp³-hybridized carbons (Fsp3) is 0.667. The van der Waals surface area contributed by atoms with E-state index in [0.29, 0.717) is 51.1 Å². The van der Waals surface area contributed by atoms with E-state index in [1.54, 1.807) is 15.7 Å². The maximum atomic E-state index is 13.0. The second kappa shape index (κ2) is 7.51. The molecule has 2 atom stereocenters. The molecule has 2 saturated heterocycles. The number of nitrogens with zero attached hydrogens (tertiary/aromatic N) is 3. The van der Waals surface area contributed by atoms with Gasteiger partial charge in [0.15, 0.2) is 0 Å². The van der Waals surface area contributed by atoms with Crippen molar-refractivity contribution in [3.05, 3.63) is 24.3 Å². The summed E-state index contributed by atoms with van der Waals surface area (Å²) < 4.78 is 34.5. The Morgan fingerprint density at radius 3 is 2.00 bits per heavy atom. The average Bonchev–Trinajstić information content (AvgIpc) is 2.61. The van der Waals surface area contributed by atoms with Crippen molar-refractivity contribution >= 4 is 15.9 Å². The lowest BCUT2D eigenvalue weighted by Crippen LogP contribution is -2.55. The van der Waals surface area contributed by atoms with Gasteiger partial charge in [0.2, 0.25) is 0 Å². The molecule has 0 aliphatic carbocycles. The molecule has 2 unspecified atom stereocenters. The summed E-state index contributed by atoms with van der Waals surface area (Å²) in [6.07, 6.45) is 1.11. The molecule has 140 valence electrons. The first-order valence-electron chi connectivity index (χ1n) is 9.04. The number of methoxy groups -OCH3 is 1.